The van der Waals surface area contributed by atoms with E-state index in [0.29, 0.717) is 17.5 Å². The van der Waals surface area contributed by atoms with Crippen LogP contribution in [0.15, 0.2) is 217 Å². The first-order valence-electron chi connectivity index (χ1n) is 20.3. The molecule has 9 aromatic carbocycles. The highest BCUT2D eigenvalue weighted by Crippen LogP contribution is 2.56. The molecule has 0 aliphatic heterocycles. The Morgan fingerprint density at radius 1 is 0.317 bits per heavy atom. The van der Waals surface area contributed by atoms with E-state index in [4.69, 9.17) is 19.4 Å². The quantitative estimate of drug-likeness (QED) is 0.169. The summed E-state index contributed by atoms with van der Waals surface area (Å²) in [6, 6.07) is 75.1. The molecule has 4 heteroatoms. The van der Waals surface area contributed by atoms with E-state index in [9.17, 15) is 0 Å². The highest BCUT2D eigenvalue weighted by Gasteiger charge is 2.46. The summed E-state index contributed by atoms with van der Waals surface area (Å²) in [7, 11) is 0. The lowest BCUT2D eigenvalue weighted by Gasteiger charge is -2.33. The predicted molar refractivity (Wildman–Crippen MR) is 244 cm³/mol. The van der Waals surface area contributed by atoms with Crippen LogP contribution in [-0.4, -0.2) is 15.0 Å². The van der Waals surface area contributed by atoms with Crippen LogP contribution in [-0.2, 0) is 5.41 Å². The standard InChI is InChI=1S/C56H35N3O/c1-4-16-36(17-5-1)53-57-54(37-18-6-2-7-19-37)59-55(58-53)48-33-40(32-39-20-10-11-23-43(39)48)38-28-30-46-47-31-29-42(35-52(47)60-51(46)34-38)56(41-21-8-3-9-22-41)49-26-14-12-24-44(49)45-25-13-15-27-50(45)56/h1-35H. The second-order valence-corrected chi connectivity index (χ2v) is 15.5. The second-order valence-electron chi connectivity index (χ2n) is 15.5. The maximum Gasteiger partial charge on any atom is 0.164 e. The van der Waals surface area contributed by atoms with Crippen LogP contribution in [0.4, 0.5) is 0 Å². The van der Waals surface area contributed by atoms with Gasteiger partial charge in [-0.3, -0.25) is 0 Å². The van der Waals surface area contributed by atoms with Gasteiger partial charge in [0.1, 0.15) is 11.2 Å². The third kappa shape index (κ3) is 5.28. The third-order valence-electron chi connectivity index (χ3n) is 12.2. The summed E-state index contributed by atoms with van der Waals surface area (Å²) in [6.07, 6.45) is 0. The Balaban J connectivity index is 1.02. The van der Waals surface area contributed by atoms with E-state index in [2.05, 4.69) is 152 Å². The molecule has 280 valence electrons. The summed E-state index contributed by atoms with van der Waals surface area (Å²) in [5, 5.41) is 4.35. The van der Waals surface area contributed by atoms with Crippen molar-refractivity contribution >= 4 is 32.7 Å². The van der Waals surface area contributed by atoms with Gasteiger partial charge < -0.3 is 4.42 Å². The van der Waals surface area contributed by atoms with Gasteiger partial charge in [-0.25, -0.2) is 15.0 Å². The first-order valence-corrected chi connectivity index (χ1v) is 20.3. The lowest BCUT2D eigenvalue weighted by molar-refractivity contribution is 0.666. The molecule has 0 saturated heterocycles. The fourth-order valence-corrected chi connectivity index (χ4v) is 9.49. The van der Waals surface area contributed by atoms with Crippen LogP contribution in [0.2, 0.25) is 0 Å². The molecule has 1 aliphatic rings. The largest absolute Gasteiger partial charge is 0.456 e. The number of rotatable bonds is 6. The number of hydrogen-bond acceptors (Lipinski definition) is 4. The average Bonchev–Trinajstić information content (AvgIpc) is 3.85. The fourth-order valence-electron chi connectivity index (χ4n) is 9.49. The zero-order chi connectivity index (χ0) is 39.6. The lowest BCUT2D eigenvalue weighted by atomic mass is 9.67. The molecule has 0 N–H and O–H groups in total. The molecule has 1 aliphatic carbocycles. The van der Waals surface area contributed by atoms with Crippen LogP contribution >= 0.6 is 0 Å². The number of nitrogens with zero attached hydrogens (tertiary/aromatic N) is 3. The van der Waals surface area contributed by atoms with Crippen LogP contribution in [0.25, 0.3) is 89.1 Å². The summed E-state index contributed by atoms with van der Waals surface area (Å²) < 4.78 is 6.87. The van der Waals surface area contributed by atoms with E-state index in [1.165, 1.54) is 33.4 Å². The molecule has 60 heavy (non-hydrogen) atoms. The van der Waals surface area contributed by atoms with Gasteiger partial charge in [0.25, 0.3) is 0 Å². The van der Waals surface area contributed by atoms with Crippen molar-refractivity contribution in [2.24, 2.45) is 0 Å². The highest BCUT2D eigenvalue weighted by atomic mass is 16.3. The van der Waals surface area contributed by atoms with Gasteiger partial charge in [-0.2, -0.15) is 0 Å². The van der Waals surface area contributed by atoms with E-state index in [-0.39, 0.29) is 0 Å². The van der Waals surface area contributed by atoms with Gasteiger partial charge in [-0.05, 0) is 85.6 Å². The van der Waals surface area contributed by atoms with Crippen LogP contribution < -0.4 is 0 Å². The van der Waals surface area contributed by atoms with E-state index < -0.39 is 5.41 Å². The Hall–Kier alpha value is -7.95. The van der Waals surface area contributed by atoms with E-state index in [1.54, 1.807) is 0 Å². The summed E-state index contributed by atoms with van der Waals surface area (Å²) in [5.74, 6) is 1.90. The molecule has 2 aromatic heterocycles. The Labute approximate surface area is 347 Å². The van der Waals surface area contributed by atoms with E-state index in [0.717, 1.165) is 60.5 Å². The minimum atomic E-state index is -0.496. The molecule has 0 unspecified atom stereocenters. The Kier molecular flexibility index (Phi) is 7.72. The maximum absolute atomic E-state index is 6.87. The minimum Gasteiger partial charge on any atom is -0.456 e. The SMILES string of the molecule is c1ccc(-c2nc(-c3ccccc3)nc(-c3cc(-c4ccc5c(c4)oc4cc(C6(c7ccccc7)c7ccccc7-c7ccccc76)ccc45)cc4ccccc34)n2)cc1. The smallest absolute Gasteiger partial charge is 0.164 e. The maximum atomic E-state index is 6.87. The topological polar surface area (TPSA) is 51.8 Å². The molecular formula is C56H35N3O. The molecule has 4 nitrogen and oxygen atoms in total. The number of benzene rings is 9. The number of furan rings is 1. The molecule has 0 fully saturated rings. The fraction of sp³-hybridized carbons (Fsp3) is 0.0179. The first-order chi connectivity index (χ1) is 29.7. The molecule has 0 amide bonds. The Morgan fingerprint density at radius 2 is 0.850 bits per heavy atom. The molecule has 0 saturated carbocycles. The minimum absolute atomic E-state index is 0.496. The highest BCUT2D eigenvalue weighted by molar-refractivity contribution is 6.07. The van der Waals surface area contributed by atoms with Gasteiger partial charge in [0.05, 0.1) is 5.41 Å². The average molecular weight is 766 g/mol. The van der Waals surface area contributed by atoms with Gasteiger partial charge in [0, 0.05) is 27.5 Å². The Morgan fingerprint density at radius 3 is 1.52 bits per heavy atom. The van der Waals surface area contributed by atoms with E-state index in [1.807, 2.05) is 60.7 Å². The molecule has 11 aromatic rings. The van der Waals surface area contributed by atoms with Crippen molar-refractivity contribution in [2.45, 2.75) is 5.41 Å². The molecule has 12 rings (SSSR count). The van der Waals surface area contributed by atoms with Crippen molar-refractivity contribution in [1.82, 2.24) is 15.0 Å². The normalized spacial score (nSPS) is 12.8. The molecule has 0 atom stereocenters. The zero-order valence-electron chi connectivity index (χ0n) is 32.5. The van der Waals surface area contributed by atoms with Crippen molar-refractivity contribution in [3.05, 3.63) is 235 Å². The summed E-state index contributed by atoms with van der Waals surface area (Å²) in [5.41, 5.74) is 13.7. The molecule has 2 heterocycles. The van der Waals surface area contributed by atoms with Crippen LogP contribution in [0.1, 0.15) is 22.3 Å². The van der Waals surface area contributed by atoms with Crippen molar-refractivity contribution in [3.8, 4) is 56.4 Å². The molecular weight excluding hydrogens is 731 g/mol. The van der Waals surface area contributed by atoms with Crippen molar-refractivity contribution < 1.29 is 4.42 Å². The first kappa shape index (κ1) is 34.1. The predicted octanol–water partition coefficient (Wildman–Crippen LogP) is 14.0. The van der Waals surface area contributed by atoms with Gasteiger partial charge in [0.2, 0.25) is 0 Å². The van der Waals surface area contributed by atoms with Crippen molar-refractivity contribution in [1.29, 1.82) is 0 Å². The van der Waals surface area contributed by atoms with E-state index >= 15 is 0 Å². The van der Waals surface area contributed by atoms with Gasteiger partial charge >= 0.3 is 0 Å². The summed E-state index contributed by atoms with van der Waals surface area (Å²) in [6.45, 7) is 0. The number of aromatic nitrogens is 3. The van der Waals surface area contributed by atoms with Crippen LogP contribution in [0.3, 0.4) is 0 Å². The molecule has 0 bridgehead atoms. The number of fused-ring (bicyclic) bond motifs is 7. The molecule has 0 radical (unpaired) electrons. The van der Waals surface area contributed by atoms with Crippen molar-refractivity contribution in [2.75, 3.05) is 0 Å². The monoisotopic (exact) mass is 765 g/mol. The summed E-state index contributed by atoms with van der Waals surface area (Å²) in [4.78, 5) is 15.2. The van der Waals surface area contributed by atoms with Crippen LogP contribution in [0, 0.1) is 0 Å². The van der Waals surface area contributed by atoms with Gasteiger partial charge in [-0.15, -0.1) is 0 Å². The zero-order valence-corrected chi connectivity index (χ0v) is 32.5. The number of hydrogen-bond donors (Lipinski definition) is 0. The second kappa shape index (κ2) is 13.6. The third-order valence-corrected chi connectivity index (χ3v) is 12.2. The van der Waals surface area contributed by atoms with Crippen molar-refractivity contribution in [3.63, 3.8) is 0 Å². The van der Waals surface area contributed by atoms with Crippen LogP contribution in [0.5, 0.6) is 0 Å². The lowest BCUT2D eigenvalue weighted by Crippen LogP contribution is -2.28. The molecule has 0 spiro atoms. The van der Waals surface area contributed by atoms with Gasteiger partial charge in [0.15, 0.2) is 17.5 Å². The Bertz CT molecular complexity index is 3330. The summed E-state index contributed by atoms with van der Waals surface area (Å²) >= 11 is 0. The van der Waals surface area contributed by atoms with Gasteiger partial charge in [-0.1, -0.05) is 182 Å².